The van der Waals surface area contributed by atoms with Gasteiger partial charge in [0, 0.05) is 5.54 Å². The van der Waals surface area contributed by atoms with Crippen LogP contribution < -0.4 is 0 Å². The highest BCUT2D eigenvalue weighted by Crippen LogP contribution is 2.49. The van der Waals surface area contributed by atoms with Gasteiger partial charge in [0.15, 0.2) is 0 Å². The normalized spacial score (nSPS) is 35.1. The van der Waals surface area contributed by atoms with Gasteiger partial charge in [-0.1, -0.05) is 12.8 Å². The molecule has 3 heteroatoms. The fourth-order valence-electron chi connectivity index (χ4n) is 4.59. The first-order valence-corrected chi connectivity index (χ1v) is 8.64. The van der Waals surface area contributed by atoms with Gasteiger partial charge in [-0.3, -0.25) is 9.69 Å². The maximum absolute atomic E-state index is 12.1. The van der Waals surface area contributed by atoms with Gasteiger partial charge in [-0.15, -0.1) is 0 Å². The topological polar surface area (TPSA) is 29.5 Å². The van der Waals surface area contributed by atoms with Crippen LogP contribution in [0.25, 0.3) is 0 Å². The minimum Gasteiger partial charge on any atom is -0.466 e. The number of carbonyl (C=O) groups excluding carboxylic acids is 1. The molecule has 0 aromatic rings. The van der Waals surface area contributed by atoms with Crippen molar-refractivity contribution < 1.29 is 9.53 Å². The molecule has 0 spiro atoms. The first-order chi connectivity index (χ1) is 9.73. The predicted octanol–water partition coefficient (Wildman–Crippen LogP) is 3.37. The summed E-state index contributed by atoms with van der Waals surface area (Å²) in [4.78, 5) is 14.8. The lowest BCUT2D eigenvalue weighted by Gasteiger charge is -2.47. The standard InChI is InChI=1S/C17H29NO2/c1-2-20-16(19)13-17(18-10-3-4-11-18)9-5-6-15(12-17)14-7-8-14/h14-15H,2-13H2,1H3. The highest BCUT2D eigenvalue weighted by atomic mass is 16.5. The van der Waals surface area contributed by atoms with E-state index < -0.39 is 0 Å². The Morgan fingerprint density at radius 1 is 1.15 bits per heavy atom. The van der Waals surface area contributed by atoms with Crippen molar-refractivity contribution in [3.63, 3.8) is 0 Å². The van der Waals surface area contributed by atoms with Crippen LogP contribution in [-0.4, -0.2) is 36.1 Å². The lowest BCUT2D eigenvalue weighted by molar-refractivity contribution is -0.147. The Hall–Kier alpha value is -0.570. The first kappa shape index (κ1) is 14.4. The van der Waals surface area contributed by atoms with Crippen molar-refractivity contribution in [2.24, 2.45) is 11.8 Å². The Labute approximate surface area is 123 Å². The van der Waals surface area contributed by atoms with E-state index in [1.54, 1.807) is 0 Å². The SMILES string of the molecule is CCOC(=O)CC1(N2CCCC2)CCCC(C2CC2)C1. The van der Waals surface area contributed by atoms with Crippen LogP contribution in [0.3, 0.4) is 0 Å². The second-order valence-electron chi connectivity index (χ2n) is 7.09. The molecule has 0 aromatic heterocycles. The van der Waals surface area contributed by atoms with Crippen LogP contribution >= 0.6 is 0 Å². The fourth-order valence-corrected chi connectivity index (χ4v) is 4.59. The molecule has 3 rings (SSSR count). The molecule has 0 radical (unpaired) electrons. The maximum Gasteiger partial charge on any atom is 0.307 e. The number of rotatable bonds is 5. The quantitative estimate of drug-likeness (QED) is 0.723. The zero-order valence-corrected chi connectivity index (χ0v) is 12.9. The molecule has 20 heavy (non-hydrogen) atoms. The van der Waals surface area contributed by atoms with E-state index in [4.69, 9.17) is 4.74 Å². The number of likely N-dealkylation sites (tertiary alicyclic amines) is 1. The molecule has 3 aliphatic rings. The number of nitrogens with zero attached hydrogens (tertiary/aromatic N) is 1. The Morgan fingerprint density at radius 2 is 1.90 bits per heavy atom. The summed E-state index contributed by atoms with van der Waals surface area (Å²) in [7, 11) is 0. The van der Waals surface area contributed by atoms with E-state index in [0.717, 1.165) is 11.8 Å². The summed E-state index contributed by atoms with van der Waals surface area (Å²) in [6.07, 6.45) is 11.2. The summed E-state index contributed by atoms with van der Waals surface area (Å²) in [6.45, 7) is 4.81. The van der Waals surface area contributed by atoms with E-state index in [1.165, 1.54) is 64.5 Å². The molecule has 1 heterocycles. The van der Waals surface area contributed by atoms with Crippen molar-refractivity contribution in [2.45, 2.75) is 70.3 Å². The molecule has 0 amide bonds. The van der Waals surface area contributed by atoms with Gasteiger partial charge in [0.1, 0.15) is 0 Å². The monoisotopic (exact) mass is 279 g/mol. The minimum absolute atomic E-state index is 0.0239. The van der Waals surface area contributed by atoms with Crippen molar-refractivity contribution >= 4 is 5.97 Å². The van der Waals surface area contributed by atoms with Gasteiger partial charge < -0.3 is 4.74 Å². The molecule has 0 aromatic carbocycles. The van der Waals surface area contributed by atoms with E-state index >= 15 is 0 Å². The van der Waals surface area contributed by atoms with Crippen LogP contribution in [0.1, 0.15) is 64.7 Å². The van der Waals surface area contributed by atoms with Gasteiger partial charge >= 0.3 is 5.97 Å². The third-order valence-electron chi connectivity index (χ3n) is 5.70. The molecule has 2 aliphatic carbocycles. The molecule has 1 saturated heterocycles. The Kier molecular flexibility index (Phi) is 4.34. The summed E-state index contributed by atoms with van der Waals surface area (Å²) >= 11 is 0. The van der Waals surface area contributed by atoms with E-state index in [1.807, 2.05) is 6.92 Å². The molecule has 114 valence electrons. The van der Waals surface area contributed by atoms with E-state index in [9.17, 15) is 4.79 Å². The summed E-state index contributed by atoms with van der Waals surface area (Å²) < 4.78 is 5.27. The number of hydrogen-bond donors (Lipinski definition) is 0. The van der Waals surface area contributed by atoms with Gasteiger partial charge in [-0.25, -0.2) is 0 Å². The van der Waals surface area contributed by atoms with Gasteiger partial charge in [0.2, 0.25) is 0 Å². The van der Waals surface area contributed by atoms with E-state index in [2.05, 4.69) is 4.90 Å². The second-order valence-corrected chi connectivity index (χ2v) is 7.09. The zero-order valence-electron chi connectivity index (χ0n) is 12.9. The highest BCUT2D eigenvalue weighted by Gasteiger charge is 2.47. The van der Waals surface area contributed by atoms with Crippen molar-refractivity contribution in [1.29, 1.82) is 0 Å². The van der Waals surface area contributed by atoms with Crippen LogP contribution in [0.2, 0.25) is 0 Å². The van der Waals surface area contributed by atoms with Crippen molar-refractivity contribution in [3.8, 4) is 0 Å². The molecule has 1 aliphatic heterocycles. The maximum atomic E-state index is 12.1. The highest BCUT2D eigenvalue weighted by molar-refractivity contribution is 5.71. The van der Waals surface area contributed by atoms with Gasteiger partial charge in [-0.2, -0.15) is 0 Å². The average Bonchev–Trinajstić information content (AvgIpc) is 3.13. The van der Waals surface area contributed by atoms with Crippen LogP contribution in [0.15, 0.2) is 0 Å². The number of hydrogen-bond acceptors (Lipinski definition) is 3. The molecule has 2 atom stereocenters. The Morgan fingerprint density at radius 3 is 2.55 bits per heavy atom. The van der Waals surface area contributed by atoms with Crippen LogP contribution in [0, 0.1) is 11.8 Å². The number of esters is 1. The predicted molar refractivity (Wildman–Crippen MR) is 79.5 cm³/mol. The first-order valence-electron chi connectivity index (χ1n) is 8.64. The Bertz CT molecular complexity index is 347. The van der Waals surface area contributed by atoms with Gasteiger partial charge in [0.25, 0.3) is 0 Å². The summed E-state index contributed by atoms with van der Waals surface area (Å²) in [6, 6.07) is 0. The number of carbonyl (C=O) groups is 1. The number of ether oxygens (including phenoxy) is 1. The van der Waals surface area contributed by atoms with Crippen molar-refractivity contribution in [3.05, 3.63) is 0 Å². The van der Waals surface area contributed by atoms with Gasteiger partial charge in [0.05, 0.1) is 13.0 Å². The lowest BCUT2D eigenvalue weighted by atomic mass is 9.71. The van der Waals surface area contributed by atoms with Gasteiger partial charge in [-0.05, 0) is 70.4 Å². The lowest BCUT2D eigenvalue weighted by Crippen LogP contribution is -2.52. The molecule has 0 bridgehead atoms. The van der Waals surface area contributed by atoms with Crippen molar-refractivity contribution in [1.82, 2.24) is 4.90 Å². The second kappa shape index (κ2) is 6.05. The van der Waals surface area contributed by atoms with Crippen molar-refractivity contribution in [2.75, 3.05) is 19.7 Å². The largest absolute Gasteiger partial charge is 0.466 e. The van der Waals surface area contributed by atoms with Crippen LogP contribution in [0.4, 0.5) is 0 Å². The molecular formula is C17H29NO2. The van der Waals surface area contributed by atoms with Crippen LogP contribution in [0.5, 0.6) is 0 Å². The summed E-state index contributed by atoms with van der Waals surface area (Å²) in [5.74, 6) is 1.87. The average molecular weight is 279 g/mol. The zero-order chi connectivity index (χ0) is 14.0. The third-order valence-corrected chi connectivity index (χ3v) is 5.70. The summed E-state index contributed by atoms with van der Waals surface area (Å²) in [5.41, 5.74) is 0.133. The molecule has 2 unspecified atom stereocenters. The fraction of sp³-hybridized carbons (Fsp3) is 0.941. The smallest absolute Gasteiger partial charge is 0.307 e. The molecule has 3 nitrogen and oxygen atoms in total. The third kappa shape index (κ3) is 3.03. The van der Waals surface area contributed by atoms with Crippen LogP contribution in [-0.2, 0) is 9.53 Å². The Balaban J connectivity index is 1.72. The molecule has 0 N–H and O–H groups in total. The molecular weight excluding hydrogens is 250 g/mol. The minimum atomic E-state index is 0.0239. The molecule has 2 saturated carbocycles. The summed E-state index contributed by atoms with van der Waals surface area (Å²) in [5, 5.41) is 0. The molecule has 3 fully saturated rings. The van der Waals surface area contributed by atoms with E-state index in [-0.39, 0.29) is 11.5 Å². The van der Waals surface area contributed by atoms with E-state index in [0.29, 0.717) is 13.0 Å².